The van der Waals surface area contributed by atoms with Crippen LogP contribution < -0.4 is 11.5 Å². The maximum Gasteiger partial charge on any atom is 0.631 e. The van der Waals surface area contributed by atoms with Crippen LogP contribution >= 0.6 is 24.8 Å². The van der Waals surface area contributed by atoms with Crippen LogP contribution in [0.3, 0.4) is 0 Å². The fourth-order valence-corrected chi connectivity index (χ4v) is 1.57. The van der Waals surface area contributed by atoms with Gasteiger partial charge < -0.3 is 31.6 Å². The van der Waals surface area contributed by atoms with Crippen LogP contribution in [-0.2, 0) is 0 Å². The normalized spacial score (nSPS) is 8.52. The van der Waals surface area contributed by atoms with Crippen molar-refractivity contribution < 1.29 is 20.2 Å². The van der Waals surface area contributed by atoms with E-state index in [0.717, 1.165) is 5.56 Å². The number of halogens is 2. The van der Waals surface area contributed by atoms with E-state index in [1.165, 1.54) is 0 Å². The van der Waals surface area contributed by atoms with Gasteiger partial charge in [0.1, 0.15) is 5.75 Å². The maximum atomic E-state index is 9.71. The summed E-state index contributed by atoms with van der Waals surface area (Å²) in [6, 6.07) is 12.3. The largest absolute Gasteiger partial charge is 0.631 e. The van der Waals surface area contributed by atoms with Crippen LogP contribution in [0.25, 0.3) is 11.1 Å². The zero-order chi connectivity index (χ0) is 14.4. The van der Waals surface area contributed by atoms with E-state index in [1.807, 2.05) is 12.1 Å². The summed E-state index contributed by atoms with van der Waals surface area (Å²) in [6.45, 7) is 0. The van der Waals surface area contributed by atoms with Gasteiger partial charge in [-0.05, 0) is 29.8 Å². The summed E-state index contributed by atoms with van der Waals surface area (Å²) < 4.78 is 0. The van der Waals surface area contributed by atoms with Crippen molar-refractivity contribution in [1.29, 1.82) is 0 Å². The smallest absolute Gasteiger partial charge is 0.507 e. The van der Waals surface area contributed by atoms with Gasteiger partial charge in [0.05, 0.1) is 0 Å². The Balaban J connectivity index is 0. The van der Waals surface area contributed by atoms with Gasteiger partial charge in [-0.25, -0.2) is 0 Å². The molecule has 0 bridgehead atoms. The second-order valence-electron chi connectivity index (χ2n) is 3.71. The van der Waals surface area contributed by atoms with E-state index < -0.39 is 7.32 Å². The maximum absolute atomic E-state index is 9.71. The van der Waals surface area contributed by atoms with Gasteiger partial charge in [-0.15, -0.1) is 24.8 Å². The Hall–Kier alpha value is -1.64. The molecule has 0 saturated carbocycles. The van der Waals surface area contributed by atoms with Crippen molar-refractivity contribution >= 4 is 43.5 Å². The molecule has 0 aliphatic rings. The lowest BCUT2D eigenvalue weighted by atomic mass is 10.0. The molecule has 0 aromatic heterocycles. The number of aromatic hydroxyl groups is 1. The van der Waals surface area contributed by atoms with E-state index in [0.29, 0.717) is 16.9 Å². The van der Waals surface area contributed by atoms with Gasteiger partial charge >= 0.3 is 7.32 Å². The van der Waals surface area contributed by atoms with E-state index >= 15 is 0 Å². The zero-order valence-electron chi connectivity index (χ0n) is 10.9. The standard InChI is InChI=1S/C12H12N2O.BH3O3.2ClH/c13-9-4-1-3-8(7-9)12-10(14)5-2-6-11(12)15;2-1(3)4;;/h1-7,15H,13-14H2;2-4H;2*1H. The lowest BCUT2D eigenvalue weighted by molar-refractivity contribution is 0.278. The summed E-state index contributed by atoms with van der Waals surface area (Å²) in [4.78, 5) is 0. The molecule has 0 saturated heterocycles. The first-order valence-electron chi connectivity index (χ1n) is 5.39. The highest BCUT2D eigenvalue weighted by molar-refractivity contribution is 6.30. The Morgan fingerprint density at radius 2 is 1.38 bits per heavy atom. The molecule has 0 amide bonds. The number of benzene rings is 2. The van der Waals surface area contributed by atoms with Crippen molar-refractivity contribution in [2.75, 3.05) is 11.5 Å². The molecule has 0 aliphatic heterocycles. The summed E-state index contributed by atoms with van der Waals surface area (Å²) in [5, 5.41) is 31.2. The molecule has 9 heteroatoms. The molecule has 0 atom stereocenters. The first-order chi connectivity index (χ1) is 8.91. The first-order valence-corrected chi connectivity index (χ1v) is 5.39. The first kappa shape index (κ1) is 21.7. The molecule has 2 rings (SSSR count). The van der Waals surface area contributed by atoms with Gasteiger partial charge in [0.15, 0.2) is 0 Å². The van der Waals surface area contributed by atoms with E-state index in [2.05, 4.69) is 0 Å². The zero-order valence-corrected chi connectivity index (χ0v) is 12.5. The SMILES string of the molecule is Cl.Cl.Nc1cccc(-c2c(N)cccc2O)c1.OB(O)O. The van der Waals surface area contributed by atoms with Crippen LogP contribution in [0.2, 0.25) is 0 Å². The van der Waals surface area contributed by atoms with Crippen LogP contribution in [0.4, 0.5) is 11.4 Å². The Kier molecular flexibility index (Phi) is 10.5. The second kappa shape index (κ2) is 10.1. The summed E-state index contributed by atoms with van der Waals surface area (Å²) in [5.41, 5.74) is 14.1. The van der Waals surface area contributed by atoms with Crippen molar-refractivity contribution in [3.05, 3.63) is 42.5 Å². The van der Waals surface area contributed by atoms with E-state index in [9.17, 15) is 5.11 Å². The Morgan fingerprint density at radius 3 is 1.86 bits per heavy atom. The predicted molar refractivity (Wildman–Crippen MR) is 89.3 cm³/mol. The van der Waals surface area contributed by atoms with Crippen molar-refractivity contribution in [2.24, 2.45) is 0 Å². The lowest BCUT2D eigenvalue weighted by Crippen LogP contribution is -2.07. The Labute approximate surface area is 135 Å². The quantitative estimate of drug-likeness (QED) is 0.340. The average Bonchev–Trinajstić information content (AvgIpc) is 2.28. The van der Waals surface area contributed by atoms with Crippen molar-refractivity contribution in [2.45, 2.75) is 0 Å². The fraction of sp³-hybridized carbons (Fsp3) is 0. The molecule has 0 fully saturated rings. The molecule has 21 heavy (non-hydrogen) atoms. The molecule has 2 aromatic rings. The van der Waals surface area contributed by atoms with Gasteiger partial charge in [0.2, 0.25) is 0 Å². The number of rotatable bonds is 1. The predicted octanol–water partition coefficient (Wildman–Crippen LogP) is 1.02. The van der Waals surface area contributed by atoms with Gasteiger partial charge in [-0.3, -0.25) is 0 Å². The van der Waals surface area contributed by atoms with Crippen molar-refractivity contribution in [1.82, 2.24) is 0 Å². The number of phenolic OH excluding ortho intramolecular Hbond substituents is 1. The average molecular weight is 335 g/mol. The van der Waals surface area contributed by atoms with E-state index in [4.69, 9.17) is 26.5 Å². The molecule has 0 unspecified atom stereocenters. The van der Waals surface area contributed by atoms with Gasteiger partial charge in [-0.2, -0.15) is 0 Å². The fourth-order valence-electron chi connectivity index (χ4n) is 1.57. The molecule has 116 valence electrons. The Morgan fingerprint density at radius 1 is 0.857 bits per heavy atom. The highest BCUT2D eigenvalue weighted by Crippen LogP contribution is 2.34. The molecule has 2 aromatic carbocycles. The molecular weight excluding hydrogens is 318 g/mol. The molecule has 0 heterocycles. The lowest BCUT2D eigenvalue weighted by Gasteiger charge is -2.08. The highest BCUT2D eigenvalue weighted by atomic mass is 35.5. The van der Waals surface area contributed by atoms with E-state index in [-0.39, 0.29) is 30.6 Å². The topological polar surface area (TPSA) is 133 Å². The third-order valence-corrected chi connectivity index (χ3v) is 2.25. The molecule has 8 N–H and O–H groups in total. The monoisotopic (exact) mass is 334 g/mol. The summed E-state index contributed by atoms with van der Waals surface area (Å²) >= 11 is 0. The van der Waals surface area contributed by atoms with Crippen LogP contribution in [0.15, 0.2) is 42.5 Å². The number of phenols is 1. The molecular formula is C12H17BCl2N2O4. The molecule has 0 aliphatic carbocycles. The van der Waals surface area contributed by atoms with Crippen molar-refractivity contribution in [3.63, 3.8) is 0 Å². The number of hydrogen-bond donors (Lipinski definition) is 6. The third kappa shape index (κ3) is 7.08. The minimum absolute atomic E-state index is 0. The summed E-state index contributed by atoms with van der Waals surface area (Å²) in [6.07, 6.45) is 0. The van der Waals surface area contributed by atoms with Crippen LogP contribution in [-0.4, -0.2) is 27.5 Å². The van der Waals surface area contributed by atoms with Crippen LogP contribution in [0, 0.1) is 0 Å². The molecule has 0 spiro atoms. The van der Waals surface area contributed by atoms with Gasteiger partial charge in [0.25, 0.3) is 0 Å². The highest BCUT2D eigenvalue weighted by Gasteiger charge is 2.07. The Bertz CT molecular complexity index is 536. The molecule has 0 radical (unpaired) electrons. The second-order valence-corrected chi connectivity index (χ2v) is 3.71. The number of nitrogens with two attached hydrogens (primary N) is 2. The van der Waals surface area contributed by atoms with E-state index in [1.54, 1.807) is 30.3 Å². The van der Waals surface area contributed by atoms with Gasteiger partial charge in [0, 0.05) is 16.9 Å². The van der Waals surface area contributed by atoms with Crippen LogP contribution in [0.5, 0.6) is 5.75 Å². The minimum atomic E-state index is -2.17. The third-order valence-electron chi connectivity index (χ3n) is 2.25. The van der Waals surface area contributed by atoms with Crippen LogP contribution in [0.1, 0.15) is 0 Å². The molecule has 6 nitrogen and oxygen atoms in total. The minimum Gasteiger partial charge on any atom is -0.507 e. The summed E-state index contributed by atoms with van der Waals surface area (Å²) in [7, 11) is -2.17. The number of hydrogen-bond acceptors (Lipinski definition) is 6. The number of anilines is 2. The summed E-state index contributed by atoms with van der Waals surface area (Å²) in [5.74, 6) is 0.167. The van der Waals surface area contributed by atoms with Gasteiger partial charge in [-0.1, -0.05) is 18.2 Å². The number of nitrogen functional groups attached to an aromatic ring is 2. The van der Waals surface area contributed by atoms with Crippen molar-refractivity contribution in [3.8, 4) is 16.9 Å².